The van der Waals surface area contributed by atoms with Crippen molar-refractivity contribution in [3.8, 4) is 5.75 Å². The number of ether oxygens (including phenoxy) is 1. The summed E-state index contributed by atoms with van der Waals surface area (Å²) in [5.74, 6) is 0.968. The van der Waals surface area contributed by atoms with Crippen LogP contribution in [0.1, 0.15) is 17.5 Å². The van der Waals surface area contributed by atoms with Crippen LogP contribution in [0.4, 0.5) is 0 Å². The summed E-state index contributed by atoms with van der Waals surface area (Å²) in [5.41, 5.74) is 4.23. The van der Waals surface area contributed by atoms with Gasteiger partial charge in [0, 0.05) is 18.7 Å². The predicted molar refractivity (Wildman–Crippen MR) is 103 cm³/mol. The first kappa shape index (κ1) is 16.4. The molecular weight excluding hydrogens is 322 g/mol. The van der Waals surface area contributed by atoms with Crippen molar-refractivity contribution in [2.45, 2.75) is 19.6 Å². The Morgan fingerprint density at radius 2 is 1.77 bits per heavy atom. The van der Waals surface area contributed by atoms with E-state index in [0.717, 1.165) is 34.4 Å². The van der Waals surface area contributed by atoms with Crippen molar-refractivity contribution in [1.29, 1.82) is 0 Å². The summed E-state index contributed by atoms with van der Waals surface area (Å²) >= 11 is 0. The van der Waals surface area contributed by atoms with Gasteiger partial charge in [-0.15, -0.1) is 0 Å². The second-order valence-electron chi connectivity index (χ2n) is 6.55. The second kappa shape index (κ2) is 7.44. The van der Waals surface area contributed by atoms with E-state index in [1.807, 2.05) is 71.6 Å². The lowest BCUT2D eigenvalue weighted by Crippen LogP contribution is -2.24. The molecule has 0 atom stereocenters. The van der Waals surface area contributed by atoms with Gasteiger partial charge in [0.05, 0.1) is 0 Å². The van der Waals surface area contributed by atoms with Crippen LogP contribution in [0.3, 0.4) is 0 Å². The Labute approximate surface area is 153 Å². The Bertz CT molecular complexity index is 876. The van der Waals surface area contributed by atoms with Crippen LogP contribution in [0.25, 0.3) is 0 Å². The van der Waals surface area contributed by atoms with E-state index in [9.17, 15) is 4.79 Å². The minimum Gasteiger partial charge on any atom is -0.489 e. The van der Waals surface area contributed by atoms with E-state index >= 15 is 0 Å². The molecule has 1 aliphatic heterocycles. The first-order valence-corrected chi connectivity index (χ1v) is 8.91. The molecule has 3 heteroatoms. The number of benzene rings is 2. The highest BCUT2D eigenvalue weighted by molar-refractivity contribution is 6.01. The summed E-state index contributed by atoms with van der Waals surface area (Å²) in [6.45, 7) is 1.86. The Balaban J connectivity index is 1.38. The molecule has 0 radical (unpaired) electrons. The Morgan fingerprint density at radius 3 is 2.58 bits per heavy atom. The first-order valence-electron chi connectivity index (χ1n) is 8.91. The molecule has 0 spiro atoms. The van der Waals surface area contributed by atoms with E-state index in [0.29, 0.717) is 19.7 Å². The number of rotatable bonds is 5. The Morgan fingerprint density at radius 1 is 0.962 bits per heavy atom. The molecule has 2 aromatic rings. The number of fused-ring (bicyclic) bond motifs is 1. The fourth-order valence-electron chi connectivity index (χ4n) is 3.26. The number of hydrogen-bond donors (Lipinski definition) is 0. The predicted octanol–water partition coefficient (Wildman–Crippen LogP) is 4.42. The normalized spacial score (nSPS) is 16.0. The zero-order valence-corrected chi connectivity index (χ0v) is 14.6. The van der Waals surface area contributed by atoms with Crippen LogP contribution >= 0.6 is 0 Å². The molecule has 0 aromatic heterocycles. The number of amides is 1. The molecule has 0 bridgehead atoms. The van der Waals surface area contributed by atoms with Gasteiger partial charge in [0.15, 0.2) is 0 Å². The summed E-state index contributed by atoms with van der Waals surface area (Å²) in [6, 6.07) is 18.1. The molecule has 26 heavy (non-hydrogen) atoms. The van der Waals surface area contributed by atoms with Crippen LogP contribution in [0.5, 0.6) is 5.75 Å². The number of likely N-dealkylation sites (tertiary alicyclic amines) is 1. The summed E-state index contributed by atoms with van der Waals surface area (Å²) < 4.78 is 5.82. The molecule has 1 aliphatic carbocycles. The minimum atomic E-state index is 0.129. The van der Waals surface area contributed by atoms with Crippen molar-refractivity contribution in [2.24, 2.45) is 0 Å². The molecular formula is C23H21NO2. The van der Waals surface area contributed by atoms with E-state index in [2.05, 4.69) is 12.2 Å². The lowest BCUT2D eigenvalue weighted by atomic mass is 10.1. The highest BCUT2D eigenvalue weighted by Crippen LogP contribution is 2.27. The van der Waals surface area contributed by atoms with Crippen LogP contribution in [-0.2, 0) is 17.9 Å². The van der Waals surface area contributed by atoms with Gasteiger partial charge in [-0.2, -0.15) is 0 Å². The van der Waals surface area contributed by atoms with Gasteiger partial charge in [-0.3, -0.25) is 4.79 Å². The lowest BCUT2D eigenvalue weighted by molar-refractivity contribution is -0.125. The molecule has 3 nitrogen and oxygen atoms in total. The van der Waals surface area contributed by atoms with Gasteiger partial charge in [0.25, 0.3) is 5.91 Å². The number of carbonyl (C=O) groups is 1. The van der Waals surface area contributed by atoms with E-state index in [4.69, 9.17) is 4.74 Å². The number of hydrogen-bond acceptors (Lipinski definition) is 2. The number of allylic oxidation sites excluding steroid dienone is 4. The zero-order chi connectivity index (χ0) is 17.8. The first-order chi connectivity index (χ1) is 12.8. The van der Waals surface area contributed by atoms with Crippen LogP contribution in [0.15, 0.2) is 90.0 Å². The topological polar surface area (TPSA) is 29.5 Å². The average Bonchev–Trinajstić information content (AvgIpc) is 2.85. The second-order valence-corrected chi connectivity index (χ2v) is 6.55. The zero-order valence-electron chi connectivity index (χ0n) is 14.6. The molecule has 0 saturated carbocycles. The van der Waals surface area contributed by atoms with Gasteiger partial charge < -0.3 is 9.64 Å². The molecule has 1 heterocycles. The van der Waals surface area contributed by atoms with E-state index in [-0.39, 0.29) is 5.91 Å². The van der Waals surface area contributed by atoms with E-state index < -0.39 is 0 Å². The molecule has 4 rings (SSSR count). The van der Waals surface area contributed by atoms with Gasteiger partial charge in [-0.1, -0.05) is 66.8 Å². The molecule has 0 N–H and O–H groups in total. The average molecular weight is 343 g/mol. The third-order valence-electron chi connectivity index (χ3n) is 4.66. The highest BCUT2D eigenvalue weighted by Gasteiger charge is 2.29. The molecule has 0 unspecified atom stereocenters. The maximum absolute atomic E-state index is 12.6. The van der Waals surface area contributed by atoms with Crippen molar-refractivity contribution < 1.29 is 9.53 Å². The van der Waals surface area contributed by atoms with Crippen molar-refractivity contribution in [3.63, 3.8) is 0 Å². The van der Waals surface area contributed by atoms with Crippen molar-refractivity contribution in [2.75, 3.05) is 6.54 Å². The fraction of sp³-hybridized carbons (Fsp3) is 0.174. The Kier molecular flexibility index (Phi) is 4.69. The molecule has 1 fully saturated rings. The number of carbonyl (C=O) groups excluding carboxylic acids is 1. The fourth-order valence-corrected chi connectivity index (χ4v) is 3.26. The summed E-state index contributed by atoms with van der Waals surface area (Å²) in [7, 11) is 0. The summed E-state index contributed by atoms with van der Waals surface area (Å²) in [6.07, 6.45) is 9.01. The third-order valence-corrected chi connectivity index (χ3v) is 4.66. The SMILES string of the molecule is O=C1C2=CCC=CC=C2CN1Cc1ccc(OCc2ccccc2)cc1. The summed E-state index contributed by atoms with van der Waals surface area (Å²) in [4.78, 5) is 14.5. The molecule has 1 saturated heterocycles. The van der Waals surface area contributed by atoms with Crippen molar-refractivity contribution in [3.05, 3.63) is 101 Å². The highest BCUT2D eigenvalue weighted by atomic mass is 16.5. The monoisotopic (exact) mass is 343 g/mol. The molecule has 1 amide bonds. The quantitative estimate of drug-likeness (QED) is 0.804. The number of nitrogens with zero attached hydrogens (tertiary/aromatic N) is 1. The van der Waals surface area contributed by atoms with Crippen LogP contribution < -0.4 is 4.74 Å². The molecule has 2 aromatic carbocycles. The van der Waals surface area contributed by atoms with Crippen LogP contribution in [-0.4, -0.2) is 17.4 Å². The van der Waals surface area contributed by atoms with Gasteiger partial charge >= 0.3 is 0 Å². The molecule has 2 aliphatic rings. The van der Waals surface area contributed by atoms with E-state index in [1.165, 1.54) is 0 Å². The molecule has 130 valence electrons. The van der Waals surface area contributed by atoms with Crippen LogP contribution in [0, 0.1) is 0 Å². The smallest absolute Gasteiger partial charge is 0.254 e. The van der Waals surface area contributed by atoms with Crippen molar-refractivity contribution >= 4 is 5.91 Å². The van der Waals surface area contributed by atoms with Gasteiger partial charge in [-0.05, 0) is 35.3 Å². The van der Waals surface area contributed by atoms with Crippen molar-refractivity contribution in [1.82, 2.24) is 4.90 Å². The van der Waals surface area contributed by atoms with Crippen LogP contribution in [0.2, 0.25) is 0 Å². The largest absolute Gasteiger partial charge is 0.489 e. The minimum absolute atomic E-state index is 0.129. The maximum atomic E-state index is 12.6. The standard InChI is InChI=1S/C23H21NO2/c25-23-22-10-6-2-5-9-20(22)16-24(23)15-18-11-13-21(14-12-18)26-17-19-7-3-1-4-8-19/h1-5,7-14H,6,15-17H2. The van der Waals surface area contributed by atoms with Gasteiger partial charge in [0.2, 0.25) is 0 Å². The van der Waals surface area contributed by atoms with Gasteiger partial charge in [-0.25, -0.2) is 0 Å². The van der Waals surface area contributed by atoms with Gasteiger partial charge in [0.1, 0.15) is 12.4 Å². The maximum Gasteiger partial charge on any atom is 0.254 e. The van der Waals surface area contributed by atoms with E-state index in [1.54, 1.807) is 0 Å². The Hall–Kier alpha value is -3.07. The summed E-state index contributed by atoms with van der Waals surface area (Å²) in [5, 5.41) is 0. The lowest BCUT2D eigenvalue weighted by Gasteiger charge is -2.15. The third kappa shape index (κ3) is 3.62.